The molecule has 1 heterocycles. The standard InChI is InChI=1S/C22H20N2OS/c1-15(2)14-24(22-23-19-9-5-6-10-20(19)26-22)21(25)18-12-11-16-7-3-4-8-17(16)13-18/h3-13,15H,14H2,1-2H3. The third-order valence-electron chi connectivity index (χ3n) is 4.30. The number of anilines is 1. The van der Waals surface area contributed by atoms with Gasteiger partial charge in [0, 0.05) is 12.1 Å². The highest BCUT2D eigenvalue weighted by Crippen LogP contribution is 2.30. The van der Waals surface area contributed by atoms with Crippen LogP contribution >= 0.6 is 11.3 Å². The molecule has 0 aliphatic heterocycles. The van der Waals surface area contributed by atoms with Crippen LogP contribution in [0.4, 0.5) is 5.13 Å². The van der Waals surface area contributed by atoms with Crippen molar-refractivity contribution in [3.8, 4) is 0 Å². The number of amides is 1. The Morgan fingerprint density at radius 3 is 2.50 bits per heavy atom. The molecule has 4 aromatic rings. The molecule has 0 N–H and O–H groups in total. The second-order valence-electron chi connectivity index (χ2n) is 6.84. The minimum atomic E-state index is 0.00325. The molecular formula is C22H20N2OS. The monoisotopic (exact) mass is 360 g/mol. The molecule has 0 bridgehead atoms. The highest BCUT2D eigenvalue weighted by molar-refractivity contribution is 7.22. The molecule has 1 aromatic heterocycles. The number of hydrogen-bond acceptors (Lipinski definition) is 3. The summed E-state index contributed by atoms with van der Waals surface area (Å²) >= 11 is 1.57. The summed E-state index contributed by atoms with van der Waals surface area (Å²) in [6.45, 7) is 4.88. The maximum absolute atomic E-state index is 13.3. The van der Waals surface area contributed by atoms with Gasteiger partial charge in [0.2, 0.25) is 0 Å². The summed E-state index contributed by atoms with van der Waals surface area (Å²) in [6, 6.07) is 22.0. The van der Waals surface area contributed by atoms with Crippen LogP contribution < -0.4 is 4.90 Å². The number of carbonyl (C=O) groups excluding carboxylic acids is 1. The molecule has 0 aliphatic carbocycles. The minimum absolute atomic E-state index is 0.00325. The summed E-state index contributed by atoms with van der Waals surface area (Å²) in [5, 5.41) is 2.98. The number of thiazole rings is 1. The Balaban J connectivity index is 1.76. The molecule has 1 amide bonds. The molecule has 0 aliphatic rings. The Bertz CT molecular complexity index is 1050. The maximum atomic E-state index is 13.3. The largest absolute Gasteiger partial charge is 0.284 e. The van der Waals surface area contributed by atoms with Crippen LogP contribution in [0.5, 0.6) is 0 Å². The summed E-state index contributed by atoms with van der Waals surface area (Å²) < 4.78 is 1.10. The molecule has 130 valence electrons. The van der Waals surface area contributed by atoms with E-state index in [0.717, 1.165) is 26.1 Å². The normalized spacial score (nSPS) is 11.3. The second-order valence-corrected chi connectivity index (χ2v) is 7.84. The summed E-state index contributed by atoms with van der Waals surface area (Å²) in [4.78, 5) is 19.8. The number of benzene rings is 3. The molecule has 0 saturated carbocycles. The third-order valence-corrected chi connectivity index (χ3v) is 5.36. The quantitative estimate of drug-likeness (QED) is 0.464. The van der Waals surface area contributed by atoms with Crippen molar-refractivity contribution < 1.29 is 4.79 Å². The van der Waals surface area contributed by atoms with Crippen molar-refractivity contribution >= 4 is 43.4 Å². The summed E-state index contributed by atoms with van der Waals surface area (Å²) in [7, 11) is 0. The van der Waals surface area contributed by atoms with Gasteiger partial charge >= 0.3 is 0 Å². The van der Waals surface area contributed by atoms with Crippen molar-refractivity contribution in [2.75, 3.05) is 11.4 Å². The number of hydrogen-bond donors (Lipinski definition) is 0. The summed E-state index contributed by atoms with van der Waals surface area (Å²) in [6.07, 6.45) is 0. The molecule has 0 saturated heterocycles. The lowest BCUT2D eigenvalue weighted by Crippen LogP contribution is -2.34. The zero-order chi connectivity index (χ0) is 18.1. The first-order valence-corrected chi connectivity index (χ1v) is 9.60. The molecule has 3 nitrogen and oxygen atoms in total. The van der Waals surface area contributed by atoms with E-state index >= 15 is 0 Å². The van der Waals surface area contributed by atoms with E-state index in [9.17, 15) is 4.79 Å². The van der Waals surface area contributed by atoms with Gasteiger partial charge in [-0.05, 0) is 41.0 Å². The van der Waals surface area contributed by atoms with Crippen LogP contribution in [0, 0.1) is 5.92 Å². The van der Waals surface area contributed by atoms with Crippen LogP contribution in [0.1, 0.15) is 24.2 Å². The molecule has 0 atom stereocenters. The first-order chi connectivity index (χ1) is 12.6. The fraction of sp³-hybridized carbons (Fsp3) is 0.182. The number of para-hydroxylation sites is 1. The van der Waals surface area contributed by atoms with E-state index in [1.807, 2.05) is 65.6 Å². The van der Waals surface area contributed by atoms with E-state index in [1.54, 1.807) is 11.3 Å². The molecular weight excluding hydrogens is 340 g/mol. The fourth-order valence-corrected chi connectivity index (χ4v) is 4.04. The first-order valence-electron chi connectivity index (χ1n) is 8.78. The van der Waals surface area contributed by atoms with E-state index < -0.39 is 0 Å². The van der Waals surface area contributed by atoms with Gasteiger partial charge in [0.25, 0.3) is 5.91 Å². The Labute approximate surface area is 156 Å². The van der Waals surface area contributed by atoms with Crippen LogP contribution in [-0.2, 0) is 0 Å². The van der Waals surface area contributed by atoms with Gasteiger partial charge in [-0.25, -0.2) is 4.98 Å². The summed E-state index contributed by atoms with van der Waals surface area (Å²) in [5.74, 6) is 0.356. The smallest absolute Gasteiger partial charge is 0.260 e. The van der Waals surface area contributed by atoms with Crippen molar-refractivity contribution in [2.24, 2.45) is 5.92 Å². The molecule has 4 rings (SSSR count). The number of carbonyl (C=O) groups is 1. The van der Waals surface area contributed by atoms with Crippen LogP contribution in [0.25, 0.3) is 21.0 Å². The molecule has 3 aromatic carbocycles. The van der Waals surface area contributed by atoms with Crippen molar-refractivity contribution in [1.82, 2.24) is 4.98 Å². The number of nitrogens with zero attached hydrogens (tertiary/aromatic N) is 2. The lowest BCUT2D eigenvalue weighted by molar-refractivity contribution is 0.0984. The zero-order valence-corrected chi connectivity index (χ0v) is 15.7. The average molecular weight is 360 g/mol. The second kappa shape index (κ2) is 6.89. The topological polar surface area (TPSA) is 33.2 Å². The Morgan fingerprint density at radius 1 is 1.00 bits per heavy atom. The lowest BCUT2D eigenvalue weighted by atomic mass is 10.1. The summed E-state index contributed by atoms with van der Waals surface area (Å²) in [5.41, 5.74) is 1.64. The van der Waals surface area contributed by atoms with Gasteiger partial charge in [0.15, 0.2) is 5.13 Å². The molecule has 0 unspecified atom stereocenters. The average Bonchev–Trinajstić information content (AvgIpc) is 3.09. The predicted octanol–water partition coefficient (Wildman–Crippen LogP) is 5.75. The molecule has 0 spiro atoms. The van der Waals surface area contributed by atoms with E-state index in [-0.39, 0.29) is 5.91 Å². The van der Waals surface area contributed by atoms with E-state index in [2.05, 4.69) is 19.9 Å². The maximum Gasteiger partial charge on any atom is 0.260 e. The predicted molar refractivity (Wildman–Crippen MR) is 110 cm³/mol. The van der Waals surface area contributed by atoms with Gasteiger partial charge in [0.1, 0.15) is 0 Å². The third kappa shape index (κ3) is 3.20. The minimum Gasteiger partial charge on any atom is -0.284 e. The van der Waals surface area contributed by atoms with Crippen molar-refractivity contribution in [3.05, 3.63) is 72.3 Å². The number of fused-ring (bicyclic) bond motifs is 2. The van der Waals surface area contributed by atoms with E-state index in [1.165, 1.54) is 0 Å². The SMILES string of the molecule is CC(C)CN(C(=O)c1ccc2ccccc2c1)c1nc2ccccc2s1. The fourth-order valence-electron chi connectivity index (χ4n) is 3.07. The highest BCUT2D eigenvalue weighted by atomic mass is 32.1. The van der Waals surface area contributed by atoms with Crippen LogP contribution in [0.15, 0.2) is 66.7 Å². The molecule has 4 heteroatoms. The van der Waals surface area contributed by atoms with Crippen LogP contribution in [-0.4, -0.2) is 17.4 Å². The van der Waals surface area contributed by atoms with Gasteiger partial charge in [-0.15, -0.1) is 0 Å². The van der Waals surface area contributed by atoms with Gasteiger partial charge in [0.05, 0.1) is 10.2 Å². The lowest BCUT2D eigenvalue weighted by Gasteiger charge is -2.22. The molecule has 0 radical (unpaired) electrons. The van der Waals surface area contributed by atoms with E-state index in [0.29, 0.717) is 18.0 Å². The Hall–Kier alpha value is -2.72. The van der Waals surface area contributed by atoms with Gasteiger partial charge in [-0.2, -0.15) is 0 Å². The first kappa shape index (κ1) is 16.7. The van der Waals surface area contributed by atoms with Gasteiger partial charge in [-0.3, -0.25) is 9.69 Å². The van der Waals surface area contributed by atoms with Crippen LogP contribution in [0.2, 0.25) is 0 Å². The highest BCUT2D eigenvalue weighted by Gasteiger charge is 2.22. The Morgan fingerprint density at radius 2 is 1.73 bits per heavy atom. The number of aromatic nitrogens is 1. The molecule has 0 fully saturated rings. The zero-order valence-electron chi connectivity index (χ0n) is 14.8. The van der Waals surface area contributed by atoms with Crippen molar-refractivity contribution in [2.45, 2.75) is 13.8 Å². The van der Waals surface area contributed by atoms with Crippen molar-refractivity contribution in [1.29, 1.82) is 0 Å². The van der Waals surface area contributed by atoms with E-state index in [4.69, 9.17) is 4.98 Å². The van der Waals surface area contributed by atoms with Gasteiger partial charge in [-0.1, -0.05) is 67.6 Å². The number of rotatable bonds is 4. The van der Waals surface area contributed by atoms with Gasteiger partial charge < -0.3 is 0 Å². The molecule has 26 heavy (non-hydrogen) atoms. The Kier molecular flexibility index (Phi) is 4.43. The van der Waals surface area contributed by atoms with Crippen molar-refractivity contribution in [3.63, 3.8) is 0 Å². The van der Waals surface area contributed by atoms with Crippen LogP contribution in [0.3, 0.4) is 0 Å².